The van der Waals surface area contributed by atoms with Gasteiger partial charge in [0.2, 0.25) is 6.10 Å². The molecule has 108 valence electrons. The lowest BCUT2D eigenvalue weighted by Gasteiger charge is -2.32. The van der Waals surface area contributed by atoms with Crippen molar-refractivity contribution in [2.45, 2.75) is 43.9 Å². The fourth-order valence-corrected chi connectivity index (χ4v) is 2.76. The first-order chi connectivity index (χ1) is 9.74. The number of benzene rings is 1. The maximum Gasteiger partial charge on any atom is 0.264 e. The summed E-state index contributed by atoms with van der Waals surface area (Å²) in [4.78, 5) is 12.3. The molecular formula is C15H20N2O3. The highest BCUT2D eigenvalue weighted by molar-refractivity contribution is 5.82. The van der Waals surface area contributed by atoms with Crippen molar-refractivity contribution in [1.29, 1.82) is 0 Å². The van der Waals surface area contributed by atoms with Gasteiger partial charge in [-0.3, -0.25) is 4.79 Å². The van der Waals surface area contributed by atoms with Crippen molar-refractivity contribution in [2.24, 2.45) is 5.73 Å². The molecule has 1 aromatic rings. The second kappa shape index (κ2) is 5.71. The Balaban J connectivity index is 1.61. The number of para-hydroxylation sites is 2. The molecule has 0 aromatic heterocycles. The highest BCUT2D eigenvalue weighted by Gasteiger charge is 2.31. The van der Waals surface area contributed by atoms with Crippen LogP contribution in [0.15, 0.2) is 24.3 Å². The first-order valence-electron chi connectivity index (χ1n) is 7.18. The molecule has 1 aliphatic carbocycles. The van der Waals surface area contributed by atoms with Crippen LogP contribution in [0, 0.1) is 0 Å². The molecule has 0 bridgehead atoms. The Kier molecular flexibility index (Phi) is 3.78. The Hall–Kier alpha value is -1.75. The third kappa shape index (κ3) is 2.72. The van der Waals surface area contributed by atoms with Crippen LogP contribution >= 0.6 is 0 Å². The average molecular weight is 276 g/mol. The van der Waals surface area contributed by atoms with Crippen LogP contribution < -0.4 is 20.5 Å². The summed E-state index contributed by atoms with van der Waals surface area (Å²) in [5.74, 6) is 1.17. The first kappa shape index (κ1) is 13.2. The molecule has 0 saturated heterocycles. The predicted molar refractivity (Wildman–Crippen MR) is 74.7 cm³/mol. The molecule has 1 heterocycles. The van der Waals surface area contributed by atoms with Gasteiger partial charge in [0.1, 0.15) is 6.61 Å². The fourth-order valence-electron chi connectivity index (χ4n) is 2.76. The molecule has 20 heavy (non-hydrogen) atoms. The highest BCUT2D eigenvalue weighted by Crippen LogP contribution is 2.31. The van der Waals surface area contributed by atoms with Gasteiger partial charge in [0.25, 0.3) is 5.91 Å². The van der Waals surface area contributed by atoms with Gasteiger partial charge in [-0.1, -0.05) is 25.0 Å². The summed E-state index contributed by atoms with van der Waals surface area (Å²) in [6, 6.07) is 7.48. The Morgan fingerprint density at radius 2 is 1.95 bits per heavy atom. The van der Waals surface area contributed by atoms with Crippen molar-refractivity contribution in [1.82, 2.24) is 5.32 Å². The molecule has 1 fully saturated rings. The molecule has 2 aliphatic rings. The molecule has 1 amide bonds. The second-order valence-electron chi connectivity index (χ2n) is 5.43. The fraction of sp³-hybridized carbons (Fsp3) is 0.533. The summed E-state index contributed by atoms with van der Waals surface area (Å²) in [7, 11) is 0. The third-order valence-electron chi connectivity index (χ3n) is 3.95. The molecule has 5 heteroatoms. The van der Waals surface area contributed by atoms with E-state index in [1.807, 2.05) is 18.2 Å². The minimum Gasteiger partial charge on any atom is -0.485 e. The van der Waals surface area contributed by atoms with Crippen molar-refractivity contribution >= 4 is 5.91 Å². The summed E-state index contributed by atoms with van der Waals surface area (Å²) in [5, 5.41) is 3.00. The van der Waals surface area contributed by atoms with Crippen LogP contribution in [0.2, 0.25) is 0 Å². The number of fused-ring (bicyclic) bond motifs is 1. The van der Waals surface area contributed by atoms with E-state index in [4.69, 9.17) is 15.2 Å². The maximum absolute atomic E-state index is 12.3. The van der Waals surface area contributed by atoms with Gasteiger partial charge in [0, 0.05) is 12.1 Å². The van der Waals surface area contributed by atoms with E-state index in [2.05, 4.69) is 5.32 Å². The number of nitrogens with one attached hydrogen (secondary N) is 1. The summed E-state index contributed by atoms with van der Waals surface area (Å²) in [6.07, 6.45) is 3.57. The molecule has 1 saturated carbocycles. The van der Waals surface area contributed by atoms with Gasteiger partial charge in [-0.2, -0.15) is 0 Å². The van der Waals surface area contributed by atoms with Gasteiger partial charge >= 0.3 is 0 Å². The van der Waals surface area contributed by atoms with E-state index in [-0.39, 0.29) is 24.6 Å². The monoisotopic (exact) mass is 276 g/mol. The molecule has 0 radical (unpaired) electrons. The van der Waals surface area contributed by atoms with E-state index in [0.717, 1.165) is 25.7 Å². The van der Waals surface area contributed by atoms with Crippen LogP contribution in [0.3, 0.4) is 0 Å². The van der Waals surface area contributed by atoms with Gasteiger partial charge in [-0.05, 0) is 25.0 Å². The molecule has 0 spiro atoms. The summed E-state index contributed by atoms with van der Waals surface area (Å²) in [6.45, 7) is 0.241. The molecule has 3 atom stereocenters. The van der Waals surface area contributed by atoms with Crippen molar-refractivity contribution in [3.8, 4) is 11.5 Å². The molecule has 0 unspecified atom stereocenters. The molecule has 3 N–H and O–H groups in total. The first-order valence-corrected chi connectivity index (χ1v) is 7.18. The Bertz CT molecular complexity index is 492. The van der Waals surface area contributed by atoms with Gasteiger partial charge in [0.05, 0.1) is 0 Å². The van der Waals surface area contributed by atoms with E-state index in [1.165, 1.54) is 0 Å². The number of hydrogen-bond acceptors (Lipinski definition) is 4. The zero-order valence-corrected chi connectivity index (χ0v) is 11.4. The topological polar surface area (TPSA) is 73.6 Å². The Morgan fingerprint density at radius 1 is 1.20 bits per heavy atom. The summed E-state index contributed by atoms with van der Waals surface area (Å²) >= 11 is 0. The zero-order valence-electron chi connectivity index (χ0n) is 11.4. The van der Waals surface area contributed by atoms with Crippen LogP contribution in [0.4, 0.5) is 0 Å². The van der Waals surface area contributed by atoms with Crippen LogP contribution in [-0.2, 0) is 4.79 Å². The third-order valence-corrected chi connectivity index (χ3v) is 3.95. The largest absolute Gasteiger partial charge is 0.485 e. The van der Waals surface area contributed by atoms with Crippen LogP contribution in [-0.4, -0.2) is 30.7 Å². The lowest BCUT2D eigenvalue weighted by atomic mass is 9.91. The van der Waals surface area contributed by atoms with E-state index in [0.29, 0.717) is 11.5 Å². The van der Waals surface area contributed by atoms with Gasteiger partial charge < -0.3 is 20.5 Å². The Morgan fingerprint density at radius 3 is 2.75 bits per heavy atom. The molecule has 1 aromatic carbocycles. The SMILES string of the molecule is N[C@@H]1CCCC[C@H]1NC(=O)[C@H]1COc2ccccc2O1. The van der Waals surface area contributed by atoms with Crippen molar-refractivity contribution in [3.05, 3.63) is 24.3 Å². The highest BCUT2D eigenvalue weighted by atomic mass is 16.6. The minimum absolute atomic E-state index is 0.0458. The summed E-state index contributed by atoms with van der Waals surface area (Å²) < 4.78 is 11.2. The van der Waals surface area contributed by atoms with Crippen LogP contribution in [0.25, 0.3) is 0 Å². The maximum atomic E-state index is 12.3. The lowest BCUT2D eigenvalue weighted by molar-refractivity contribution is -0.131. The smallest absolute Gasteiger partial charge is 0.264 e. The van der Waals surface area contributed by atoms with Crippen LogP contribution in [0.1, 0.15) is 25.7 Å². The minimum atomic E-state index is -0.598. The second-order valence-corrected chi connectivity index (χ2v) is 5.43. The number of rotatable bonds is 2. The number of amides is 1. The zero-order chi connectivity index (χ0) is 13.9. The quantitative estimate of drug-likeness (QED) is 0.851. The standard InChI is InChI=1S/C15H20N2O3/c16-10-5-1-2-6-11(10)17-15(18)14-9-19-12-7-3-4-8-13(12)20-14/h3-4,7-8,10-11,14H,1-2,5-6,9,16H2,(H,17,18)/t10-,11-,14-/m1/s1. The van der Waals surface area contributed by atoms with E-state index >= 15 is 0 Å². The van der Waals surface area contributed by atoms with E-state index < -0.39 is 6.10 Å². The molecular weight excluding hydrogens is 256 g/mol. The van der Waals surface area contributed by atoms with Gasteiger partial charge in [-0.25, -0.2) is 0 Å². The average Bonchev–Trinajstić information content (AvgIpc) is 2.49. The molecule has 5 nitrogen and oxygen atoms in total. The van der Waals surface area contributed by atoms with Gasteiger partial charge in [0.15, 0.2) is 11.5 Å². The number of carbonyl (C=O) groups is 1. The van der Waals surface area contributed by atoms with E-state index in [9.17, 15) is 4.79 Å². The predicted octanol–water partition coefficient (Wildman–Crippen LogP) is 1.21. The number of ether oxygens (including phenoxy) is 2. The van der Waals surface area contributed by atoms with Crippen LogP contribution in [0.5, 0.6) is 11.5 Å². The normalized spacial score (nSPS) is 28.8. The number of nitrogens with two attached hydrogens (primary N) is 1. The summed E-state index contributed by atoms with van der Waals surface area (Å²) in [5.41, 5.74) is 6.05. The number of carbonyl (C=O) groups excluding carboxylic acids is 1. The van der Waals surface area contributed by atoms with Gasteiger partial charge in [-0.15, -0.1) is 0 Å². The number of hydrogen-bond donors (Lipinski definition) is 2. The van der Waals surface area contributed by atoms with E-state index in [1.54, 1.807) is 6.07 Å². The lowest BCUT2D eigenvalue weighted by Crippen LogP contribution is -2.54. The Labute approximate surface area is 118 Å². The molecule has 3 rings (SSSR count). The molecule has 1 aliphatic heterocycles. The van der Waals surface area contributed by atoms with Crippen molar-refractivity contribution in [2.75, 3.05) is 6.61 Å². The van der Waals surface area contributed by atoms with Crippen molar-refractivity contribution in [3.63, 3.8) is 0 Å². The van der Waals surface area contributed by atoms with Crippen molar-refractivity contribution < 1.29 is 14.3 Å².